The maximum atomic E-state index is 2.74. The summed E-state index contributed by atoms with van der Waals surface area (Å²) in [5.74, 6) is 0. The van der Waals surface area contributed by atoms with Gasteiger partial charge < -0.3 is 9.80 Å². The third-order valence-corrected chi connectivity index (χ3v) is 18.8. The van der Waals surface area contributed by atoms with Crippen molar-refractivity contribution in [1.29, 1.82) is 0 Å². The van der Waals surface area contributed by atoms with Gasteiger partial charge in [0, 0.05) is 43.2 Å². The SMILES string of the molecule is Cc1cc(C)c(-c2cc3c4c(c2)N(c2ccc5c(c2)C(C)(C)CCC5(C)C)c2c(sc5ccc(C(C)(C)C)cc25)B4c2cc(C(C)(C)C)ccc2N3c2ccc(C(C)(C)C)cc2-c2ccc(C(C)(C)C)cc2)c(C)c1. The van der Waals surface area contributed by atoms with Crippen LogP contribution in [-0.4, -0.2) is 6.71 Å². The summed E-state index contributed by atoms with van der Waals surface area (Å²) in [7, 11) is 0. The molecule has 0 N–H and O–H groups in total. The topological polar surface area (TPSA) is 6.48 Å². The van der Waals surface area contributed by atoms with Crippen LogP contribution < -0.4 is 25.5 Å². The molecule has 4 heteroatoms. The Hall–Kier alpha value is -5.84. The minimum Gasteiger partial charge on any atom is -0.311 e. The fourth-order valence-corrected chi connectivity index (χ4v) is 14.3. The average Bonchev–Trinajstić information content (AvgIpc) is 3.70. The van der Waals surface area contributed by atoms with Crippen LogP contribution in [0.15, 0.2) is 121 Å². The van der Waals surface area contributed by atoms with Crippen molar-refractivity contribution in [2.75, 3.05) is 9.80 Å². The molecule has 0 spiro atoms. The highest BCUT2D eigenvalue weighted by molar-refractivity contribution is 7.33. The molecule has 0 amide bonds. The smallest absolute Gasteiger partial charge is 0.264 e. The minimum absolute atomic E-state index is 0.00378. The second-order valence-electron chi connectivity index (χ2n) is 28.4. The zero-order valence-electron chi connectivity index (χ0n) is 48.8. The van der Waals surface area contributed by atoms with Gasteiger partial charge in [-0.1, -0.05) is 183 Å². The number of fused-ring (bicyclic) bond motifs is 7. The fourth-order valence-electron chi connectivity index (χ4n) is 13.0. The molecule has 3 aliphatic rings. The largest absolute Gasteiger partial charge is 0.311 e. The van der Waals surface area contributed by atoms with E-state index in [9.17, 15) is 0 Å². The van der Waals surface area contributed by atoms with Gasteiger partial charge in [0.15, 0.2) is 0 Å². The van der Waals surface area contributed by atoms with Crippen molar-refractivity contribution >= 4 is 78.0 Å². The Morgan fingerprint density at radius 2 is 0.987 bits per heavy atom. The van der Waals surface area contributed by atoms with Gasteiger partial charge >= 0.3 is 0 Å². The predicted molar refractivity (Wildman–Crippen MR) is 331 cm³/mol. The molecule has 2 aliphatic heterocycles. The molecule has 0 saturated carbocycles. The summed E-state index contributed by atoms with van der Waals surface area (Å²) in [4.78, 5) is 5.42. The highest BCUT2D eigenvalue weighted by Gasteiger charge is 2.47. The van der Waals surface area contributed by atoms with Crippen LogP contribution >= 0.6 is 11.3 Å². The van der Waals surface area contributed by atoms with E-state index in [0.29, 0.717) is 0 Å². The molecule has 8 aromatic rings. The van der Waals surface area contributed by atoms with Crippen molar-refractivity contribution in [3.8, 4) is 22.3 Å². The standard InChI is InChI=1S/C71H81BN2S/c1-42-34-43(2)62(44(3)35-42)46-36-59-63-60(37-46)74(57-29-24-48(67(7,8)9)38-52(57)45-20-22-47(23-21-45)66(4,5)6)58-30-25-50(69(13,14)15)40-56(58)72(63)65-64(53-39-49(68(10,11)12)26-31-61(53)75-65)73(59)51-27-28-54-55(41-51)71(18,19)33-32-70(54,16)17/h20-31,34-41H,32-33H2,1-19H3. The zero-order valence-corrected chi connectivity index (χ0v) is 49.7. The number of hydrogen-bond acceptors (Lipinski definition) is 3. The van der Waals surface area contributed by atoms with Crippen LogP contribution in [0.25, 0.3) is 32.3 Å². The van der Waals surface area contributed by atoms with Crippen molar-refractivity contribution in [2.24, 2.45) is 0 Å². The van der Waals surface area contributed by atoms with Gasteiger partial charge in [0.2, 0.25) is 0 Å². The third kappa shape index (κ3) is 8.52. The first-order chi connectivity index (χ1) is 34.9. The lowest BCUT2D eigenvalue weighted by atomic mass is 9.36. The van der Waals surface area contributed by atoms with Gasteiger partial charge in [-0.25, -0.2) is 0 Å². The molecule has 0 radical (unpaired) electrons. The van der Waals surface area contributed by atoms with Crippen molar-refractivity contribution in [3.63, 3.8) is 0 Å². The third-order valence-electron chi connectivity index (χ3n) is 17.6. The molecule has 75 heavy (non-hydrogen) atoms. The van der Waals surface area contributed by atoms with E-state index in [1.807, 2.05) is 11.3 Å². The average molecular weight is 1010 g/mol. The van der Waals surface area contributed by atoms with Gasteiger partial charge in [0.05, 0.1) is 11.4 Å². The summed E-state index contributed by atoms with van der Waals surface area (Å²) < 4.78 is 2.76. The van der Waals surface area contributed by atoms with Crippen molar-refractivity contribution in [2.45, 2.75) is 177 Å². The quantitative estimate of drug-likeness (QED) is 0.162. The van der Waals surface area contributed by atoms with Gasteiger partial charge in [-0.3, -0.25) is 0 Å². The molecule has 1 aliphatic carbocycles. The molecule has 7 aromatic carbocycles. The van der Waals surface area contributed by atoms with E-state index in [4.69, 9.17) is 0 Å². The van der Waals surface area contributed by atoms with Crippen LogP contribution in [0, 0.1) is 20.8 Å². The first-order valence-electron chi connectivity index (χ1n) is 27.9. The van der Waals surface area contributed by atoms with Crippen molar-refractivity contribution in [3.05, 3.63) is 171 Å². The Labute approximate surface area is 455 Å². The zero-order chi connectivity index (χ0) is 53.9. The number of rotatable bonds is 4. The molecule has 0 atom stereocenters. The summed E-state index contributed by atoms with van der Waals surface area (Å²) in [6.07, 6.45) is 2.34. The predicted octanol–water partition coefficient (Wildman–Crippen LogP) is 18.8. The summed E-state index contributed by atoms with van der Waals surface area (Å²) >= 11 is 2.01. The van der Waals surface area contributed by atoms with Crippen LogP contribution in [0.4, 0.5) is 34.1 Å². The number of benzene rings is 7. The van der Waals surface area contributed by atoms with Gasteiger partial charge in [0.1, 0.15) is 0 Å². The Morgan fingerprint density at radius 3 is 1.59 bits per heavy atom. The molecule has 3 heterocycles. The molecule has 2 nitrogen and oxygen atoms in total. The van der Waals surface area contributed by atoms with E-state index in [1.165, 1.54) is 139 Å². The van der Waals surface area contributed by atoms with E-state index in [2.05, 4.69) is 263 Å². The number of thiophene rings is 1. The number of nitrogens with zero attached hydrogens (tertiary/aromatic N) is 2. The molecule has 0 saturated heterocycles. The first-order valence-corrected chi connectivity index (χ1v) is 28.7. The lowest BCUT2D eigenvalue weighted by Gasteiger charge is -2.45. The summed E-state index contributed by atoms with van der Waals surface area (Å²) in [6.45, 7) is 44.9. The van der Waals surface area contributed by atoms with E-state index in [1.54, 1.807) is 0 Å². The molecular weight excluding hydrogens is 924 g/mol. The van der Waals surface area contributed by atoms with Gasteiger partial charge in [-0.2, -0.15) is 0 Å². The highest BCUT2D eigenvalue weighted by atomic mass is 32.1. The molecule has 1 aromatic heterocycles. The Balaban J connectivity index is 1.32. The first kappa shape index (κ1) is 51.3. The normalized spacial score (nSPS) is 16.0. The number of anilines is 6. The maximum absolute atomic E-state index is 2.74. The highest BCUT2D eigenvalue weighted by Crippen LogP contribution is 2.54. The van der Waals surface area contributed by atoms with E-state index >= 15 is 0 Å². The Kier molecular flexibility index (Phi) is 11.7. The van der Waals surface area contributed by atoms with Crippen LogP contribution in [0.5, 0.6) is 0 Å². The Morgan fingerprint density at radius 1 is 0.467 bits per heavy atom. The van der Waals surface area contributed by atoms with Crippen LogP contribution in [-0.2, 0) is 32.5 Å². The molecule has 0 unspecified atom stereocenters. The van der Waals surface area contributed by atoms with Crippen LogP contribution in [0.2, 0.25) is 0 Å². The lowest BCUT2D eigenvalue weighted by molar-refractivity contribution is 0.332. The number of aryl methyl sites for hydroxylation is 3. The van der Waals surface area contributed by atoms with Crippen molar-refractivity contribution < 1.29 is 0 Å². The second-order valence-corrected chi connectivity index (χ2v) is 29.5. The second kappa shape index (κ2) is 17.1. The van der Waals surface area contributed by atoms with Gasteiger partial charge in [-0.05, 0) is 193 Å². The molecule has 0 bridgehead atoms. The van der Waals surface area contributed by atoms with Crippen molar-refractivity contribution in [1.82, 2.24) is 0 Å². The summed E-state index contributed by atoms with van der Waals surface area (Å²) in [5.41, 5.74) is 27.7. The Bertz CT molecular complexity index is 3600. The minimum atomic E-state index is -0.0589. The molecule has 384 valence electrons. The lowest BCUT2D eigenvalue weighted by Crippen LogP contribution is -2.60. The maximum Gasteiger partial charge on any atom is 0.264 e. The monoisotopic (exact) mass is 1000 g/mol. The molecule has 0 fully saturated rings. The summed E-state index contributed by atoms with van der Waals surface area (Å²) in [6, 6.07) is 49.2. The summed E-state index contributed by atoms with van der Waals surface area (Å²) in [5, 5.41) is 1.34. The molecule has 11 rings (SSSR count). The van der Waals surface area contributed by atoms with E-state index in [-0.39, 0.29) is 39.2 Å². The molecular formula is C71H81BN2S. The van der Waals surface area contributed by atoms with Crippen LogP contribution in [0.1, 0.15) is 174 Å². The van der Waals surface area contributed by atoms with E-state index in [0.717, 1.165) is 6.42 Å². The van der Waals surface area contributed by atoms with Gasteiger partial charge in [-0.15, -0.1) is 11.3 Å². The number of hydrogen-bond donors (Lipinski definition) is 0. The van der Waals surface area contributed by atoms with Gasteiger partial charge in [0.25, 0.3) is 6.71 Å². The van der Waals surface area contributed by atoms with E-state index < -0.39 is 0 Å². The van der Waals surface area contributed by atoms with Crippen LogP contribution in [0.3, 0.4) is 0 Å². The fraction of sp³-hybridized carbons (Fsp3) is 0.380.